The zero-order chi connectivity index (χ0) is 24.1. The van der Waals surface area contributed by atoms with E-state index >= 15 is 0 Å². The molecule has 0 atom stereocenters. The summed E-state index contributed by atoms with van der Waals surface area (Å²) in [6.07, 6.45) is 2.38. The monoisotopic (exact) mass is 451 g/mol. The number of ether oxygens (including phenoxy) is 1. The van der Waals surface area contributed by atoms with Crippen molar-refractivity contribution in [2.24, 2.45) is 0 Å². The third-order valence-corrected chi connectivity index (χ3v) is 5.70. The molecule has 174 valence electrons. The molecule has 8 nitrogen and oxygen atoms in total. The number of unbranched alkanes of at least 4 members (excludes halogenated alkanes) is 1. The van der Waals surface area contributed by atoms with Crippen LogP contribution in [0.4, 0.5) is 0 Å². The van der Waals surface area contributed by atoms with Crippen molar-refractivity contribution in [2.75, 3.05) is 20.2 Å². The van der Waals surface area contributed by atoms with Gasteiger partial charge in [-0.15, -0.1) is 0 Å². The molecule has 0 radical (unpaired) electrons. The van der Waals surface area contributed by atoms with Crippen LogP contribution < -0.4 is 10.1 Å². The highest BCUT2D eigenvalue weighted by Crippen LogP contribution is 2.31. The first-order valence-corrected chi connectivity index (χ1v) is 11.1. The minimum absolute atomic E-state index is 0.0155. The summed E-state index contributed by atoms with van der Waals surface area (Å²) in [5, 5.41) is 20.5. The number of carboxylic acid groups (broad SMARTS) is 1. The Morgan fingerprint density at radius 1 is 1.15 bits per heavy atom. The molecule has 3 rings (SSSR count). The Kier molecular flexibility index (Phi) is 7.48. The highest BCUT2D eigenvalue weighted by Gasteiger charge is 2.29. The number of hydrogen-bond donors (Lipinski definition) is 3. The van der Waals surface area contributed by atoms with Crippen molar-refractivity contribution in [1.82, 2.24) is 10.2 Å². The van der Waals surface area contributed by atoms with E-state index in [1.54, 1.807) is 29.2 Å². The van der Waals surface area contributed by atoms with E-state index in [0.717, 1.165) is 18.4 Å². The predicted octanol–water partition coefficient (Wildman–Crippen LogP) is 3.51. The lowest BCUT2D eigenvalue weighted by Gasteiger charge is -2.18. The molecule has 1 aliphatic rings. The average Bonchev–Trinajstić information content (AvgIpc) is 3.10. The summed E-state index contributed by atoms with van der Waals surface area (Å²) in [5.41, 5.74) is 3.11. The Balaban J connectivity index is 1.86. The van der Waals surface area contributed by atoms with Gasteiger partial charge in [-0.25, -0.2) is 4.79 Å². The predicted molar refractivity (Wildman–Crippen MR) is 125 cm³/mol. The summed E-state index contributed by atoms with van der Waals surface area (Å²) >= 11 is 0. The number of amides is 1. The van der Waals surface area contributed by atoms with E-state index < -0.39 is 5.97 Å². The number of Topliss-reactive ketones (excluding diaryl/α,β-unsaturated/α-hetero) is 1. The third-order valence-electron chi connectivity index (χ3n) is 5.70. The fraction of sp³-hybridized carbons (Fsp3) is 0.360. The Labute approximate surface area is 193 Å². The first kappa shape index (κ1) is 24.0. The average molecular weight is 452 g/mol. The topological polar surface area (TPSA) is 120 Å². The number of benzene rings is 2. The number of aromatic carboxylic acids is 1. The van der Waals surface area contributed by atoms with E-state index in [9.17, 15) is 19.5 Å². The van der Waals surface area contributed by atoms with Crippen molar-refractivity contribution >= 4 is 23.5 Å². The lowest BCUT2D eigenvalue weighted by molar-refractivity contribution is 0.0695. The number of carbonyl (C=O) groups excluding carboxylic acids is 2. The van der Waals surface area contributed by atoms with E-state index in [2.05, 4.69) is 5.32 Å². The van der Waals surface area contributed by atoms with Crippen LogP contribution in [-0.4, -0.2) is 53.7 Å². The molecule has 0 aliphatic carbocycles. The number of nitrogens with zero attached hydrogens (tertiary/aromatic N) is 1. The molecule has 8 heteroatoms. The molecule has 33 heavy (non-hydrogen) atoms. The minimum atomic E-state index is -1.03. The van der Waals surface area contributed by atoms with E-state index in [-0.39, 0.29) is 29.6 Å². The van der Waals surface area contributed by atoms with Gasteiger partial charge in [0.2, 0.25) is 0 Å². The number of aryl methyl sites for hydroxylation is 1. The second kappa shape index (κ2) is 10.3. The van der Waals surface area contributed by atoms with Gasteiger partial charge in [-0.3, -0.25) is 15.0 Å². The van der Waals surface area contributed by atoms with Crippen LogP contribution in [0.3, 0.4) is 0 Å². The summed E-state index contributed by atoms with van der Waals surface area (Å²) in [7, 11) is 1.54. The lowest BCUT2D eigenvalue weighted by atomic mass is 9.96. The van der Waals surface area contributed by atoms with Crippen LogP contribution in [0, 0.1) is 5.41 Å². The summed E-state index contributed by atoms with van der Waals surface area (Å²) in [4.78, 5) is 38.5. The van der Waals surface area contributed by atoms with Gasteiger partial charge in [-0.05, 0) is 55.2 Å². The first-order chi connectivity index (χ1) is 15.8. The number of amidine groups is 1. The second-order valence-corrected chi connectivity index (χ2v) is 7.93. The van der Waals surface area contributed by atoms with Crippen LogP contribution in [0.1, 0.15) is 74.5 Å². The zero-order valence-corrected chi connectivity index (χ0v) is 19.2. The van der Waals surface area contributed by atoms with Gasteiger partial charge in [0, 0.05) is 24.7 Å². The number of ketones is 1. The summed E-state index contributed by atoms with van der Waals surface area (Å²) < 4.78 is 5.63. The number of carbonyl (C=O) groups is 3. The summed E-state index contributed by atoms with van der Waals surface area (Å²) in [6, 6.07) is 7.98. The number of carboxylic acids is 1. The Morgan fingerprint density at radius 3 is 2.55 bits per heavy atom. The van der Waals surface area contributed by atoms with Gasteiger partial charge >= 0.3 is 5.97 Å². The Bertz CT molecular complexity index is 1110. The molecular weight excluding hydrogens is 422 g/mol. The van der Waals surface area contributed by atoms with Crippen molar-refractivity contribution in [1.29, 1.82) is 5.41 Å². The van der Waals surface area contributed by atoms with Crippen LogP contribution in [0.5, 0.6) is 5.75 Å². The summed E-state index contributed by atoms with van der Waals surface area (Å²) in [6.45, 7) is 4.60. The molecule has 1 heterocycles. The van der Waals surface area contributed by atoms with Crippen molar-refractivity contribution in [2.45, 2.75) is 39.7 Å². The third kappa shape index (κ3) is 5.05. The van der Waals surface area contributed by atoms with Crippen molar-refractivity contribution in [3.05, 3.63) is 63.7 Å². The number of nitrogens with one attached hydrogen (secondary N) is 2. The smallest absolute Gasteiger partial charge is 0.335 e. The molecule has 0 saturated carbocycles. The minimum Gasteiger partial charge on any atom is -0.493 e. The summed E-state index contributed by atoms with van der Waals surface area (Å²) in [5.74, 6) is -0.887. The van der Waals surface area contributed by atoms with E-state index in [4.69, 9.17) is 10.1 Å². The van der Waals surface area contributed by atoms with Crippen LogP contribution in [0.2, 0.25) is 0 Å². The largest absolute Gasteiger partial charge is 0.493 e. The molecule has 0 aromatic heterocycles. The fourth-order valence-electron chi connectivity index (χ4n) is 3.98. The van der Waals surface area contributed by atoms with Gasteiger partial charge in [0.1, 0.15) is 11.6 Å². The Hall–Kier alpha value is -3.68. The number of hydrogen-bond acceptors (Lipinski definition) is 5. The van der Waals surface area contributed by atoms with E-state index in [1.165, 1.54) is 13.1 Å². The zero-order valence-electron chi connectivity index (χ0n) is 19.2. The van der Waals surface area contributed by atoms with Gasteiger partial charge in [0.05, 0.1) is 24.3 Å². The molecule has 2 aromatic rings. The molecule has 0 bridgehead atoms. The molecule has 0 saturated heterocycles. The molecule has 0 fully saturated rings. The van der Waals surface area contributed by atoms with Crippen molar-refractivity contribution < 1.29 is 24.2 Å². The van der Waals surface area contributed by atoms with E-state index in [0.29, 0.717) is 47.6 Å². The molecule has 3 N–H and O–H groups in total. The van der Waals surface area contributed by atoms with Crippen LogP contribution in [-0.2, 0) is 13.0 Å². The normalized spacial score (nSPS) is 12.5. The SMILES string of the molecule is CCCCc1cc(C(=O)O)ccc1C(=O)CN1Cc2cc(OCC)c(C(=O)NC)cc2C1=N. The van der Waals surface area contributed by atoms with Gasteiger partial charge in [-0.2, -0.15) is 0 Å². The maximum atomic E-state index is 13.2. The maximum Gasteiger partial charge on any atom is 0.335 e. The van der Waals surface area contributed by atoms with Gasteiger partial charge < -0.3 is 20.1 Å². The van der Waals surface area contributed by atoms with Gasteiger partial charge in [0.25, 0.3) is 5.91 Å². The molecule has 0 spiro atoms. The number of fused-ring (bicyclic) bond motifs is 1. The van der Waals surface area contributed by atoms with Gasteiger partial charge in [0.15, 0.2) is 5.78 Å². The van der Waals surface area contributed by atoms with Crippen LogP contribution in [0.25, 0.3) is 0 Å². The molecular formula is C25H29N3O5. The van der Waals surface area contributed by atoms with E-state index in [1.807, 2.05) is 13.8 Å². The van der Waals surface area contributed by atoms with Crippen LogP contribution in [0.15, 0.2) is 30.3 Å². The standard InChI is InChI=1S/C25H29N3O5/c1-4-6-7-15-10-16(25(31)32)8-9-18(15)21(29)14-28-13-17-11-22(33-5-2)20(24(30)27-3)12-19(17)23(28)26/h8-12,26H,4-7,13-14H2,1-3H3,(H,27,30)(H,31,32). The number of rotatable bonds is 10. The molecule has 2 aromatic carbocycles. The highest BCUT2D eigenvalue weighted by molar-refractivity contribution is 6.08. The second-order valence-electron chi connectivity index (χ2n) is 7.93. The van der Waals surface area contributed by atoms with Crippen molar-refractivity contribution in [3.8, 4) is 5.75 Å². The van der Waals surface area contributed by atoms with Gasteiger partial charge in [-0.1, -0.05) is 19.4 Å². The van der Waals surface area contributed by atoms with Crippen LogP contribution >= 0.6 is 0 Å². The molecule has 0 unspecified atom stereocenters. The lowest BCUT2D eigenvalue weighted by Crippen LogP contribution is -2.30. The first-order valence-electron chi connectivity index (χ1n) is 11.1. The quantitative estimate of drug-likeness (QED) is 0.476. The molecule has 1 amide bonds. The fourth-order valence-corrected chi connectivity index (χ4v) is 3.98. The molecule has 1 aliphatic heterocycles. The Morgan fingerprint density at radius 2 is 1.91 bits per heavy atom. The van der Waals surface area contributed by atoms with Crippen molar-refractivity contribution in [3.63, 3.8) is 0 Å². The highest BCUT2D eigenvalue weighted by atomic mass is 16.5. The maximum absolute atomic E-state index is 13.2.